The van der Waals surface area contributed by atoms with Gasteiger partial charge in [0.25, 0.3) is 0 Å². The molecule has 21 heavy (non-hydrogen) atoms. The second-order valence-electron chi connectivity index (χ2n) is 5.64. The van der Waals surface area contributed by atoms with Crippen LogP contribution < -0.4 is 5.73 Å². The minimum atomic E-state index is -3.60. The maximum Gasteiger partial charge on any atom is 0.244 e. The van der Waals surface area contributed by atoms with E-state index in [1.54, 1.807) is 25.2 Å². The lowest BCUT2D eigenvalue weighted by molar-refractivity contribution is 0.257. The lowest BCUT2D eigenvalue weighted by Crippen LogP contribution is -2.44. The quantitative estimate of drug-likeness (QED) is 0.867. The summed E-state index contributed by atoms with van der Waals surface area (Å²) in [5.41, 5.74) is 6.40. The van der Waals surface area contributed by atoms with Crippen molar-refractivity contribution in [2.45, 2.75) is 44.6 Å². The average molecular weight is 308 g/mol. The van der Waals surface area contributed by atoms with Crippen LogP contribution in [0.2, 0.25) is 0 Å². The molecule has 0 saturated carbocycles. The number of rotatable bonds is 4. The molecule has 0 atom stereocenters. The van der Waals surface area contributed by atoms with Gasteiger partial charge in [-0.3, -0.25) is 0 Å². The molecule has 116 valence electrons. The van der Waals surface area contributed by atoms with Crippen molar-refractivity contribution in [3.63, 3.8) is 0 Å². The predicted octanol–water partition coefficient (Wildman–Crippen LogP) is 2.11. The molecule has 2 N–H and O–H groups in total. The Kier molecular flexibility index (Phi) is 5.57. The van der Waals surface area contributed by atoms with Gasteiger partial charge in [-0.1, -0.05) is 24.8 Å². The molecule has 5 heteroatoms. The Hall–Kier alpha value is -1.35. The Labute approximate surface area is 128 Å². The first kappa shape index (κ1) is 17.7. The van der Waals surface area contributed by atoms with Crippen molar-refractivity contribution >= 4 is 10.0 Å². The van der Waals surface area contributed by atoms with E-state index < -0.39 is 15.6 Å². The van der Waals surface area contributed by atoms with Gasteiger partial charge >= 0.3 is 0 Å². The van der Waals surface area contributed by atoms with Gasteiger partial charge in [-0.25, -0.2) is 8.42 Å². The fraction of sp³-hybridized carbons (Fsp3) is 0.500. The monoisotopic (exact) mass is 308 g/mol. The molecular weight excluding hydrogens is 284 g/mol. The summed E-state index contributed by atoms with van der Waals surface area (Å²) >= 11 is 0. The van der Waals surface area contributed by atoms with Gasteiger partial charge < -0.3 is 5.73 Å². The molecule has 0 aliphatic carbocycles. The van der Waals surface area contributed by atoms with Gasteiger partial charge in [-0.15, -0.1) is 0 Å². The molecule has 0 aliphatic heterocycles. The number of nitrogens with two attached hydrogens (primary N) is 1. The molecule has 0 amide bonds. The van der Waals surface area contributed by atoms with Crippen molar-refractivity contribution in [1.29, 1.82) is 0 Å². The van der Waals surface area contributed by atoms with Crippen molar-refractivity contribution in [3.8, 4) is 11.8 Å². The van der Waals surface area contributed by atoms with Gasteiger partial charge in [-0.2, -0.15) is 4.31 Å². The first-order valence-corrected chi connectivity index (χ1v) is 8.39. The topological polar surface area (TPSA) is 63.4 Å². The van der Waals surface area contributed by atoms with Crippen molar-refractivity contribution in [1.82, 2.24) is 4.31 Å². The van der Waals surface area contributed by atoms with Gasteiger partial charge in [0.05, 0.1) is 11.4 Å². The van der Waals surface area contributed by atoms with Gasteiger partial charge in [0.15, 0.2) is 0 Å². The smallest absolute Gasteiger partial charge is 0.244 e. The molecular formula is C16H24N2O2S. The Morgan fingerprint density at radius 2 is 1.95 bits per heavy atom. The van der Waals surface area contributed by atoms with E-state index in [0.717, 1.165) is 12.0 Å². The third-order valence-corrected chi connectivity index (χ3v) is 5.94. The molecule has 1 aromatic carbocycles. The van der Waals surface area contributed by atoms with Crippen LogP contribution >= 0.6 is 0 Å². The zero-order valence-electron chi connectivity index (χ0n) is 13.4. The largest absolute Gasteiger partial charge is 0.320 e. The highest BCUT2D eigenvalue weighted by atomic mass is 32.2. The summed E-state index contributed by atoms with van der Waals surface area (Å²) < 4.78 is 27.1. The van der Waals surface area contributed by atoms with Crippen LogP contribution in [0.15, 0.2) is 23.1 Å². The van der Waals surface area contributed by atoms with Crippen molar-refractivity contribution in [2.24, 2.45) is 5.73 Å². The molecule has 0 saturated heterocycles. The first-order chi connectivity index (χ1) is 9.66. The van der Waals surface area contributed by atoms with Crippen LogP contribution in [0.4, 0.5) is 0 Å². The van der Waals surface area contributed by atoms with Crippen LogP contribution in [0.25, 0.3) is 0 Å². The Balaban J connectivity index is 3.45. The van der Waals surface area contributed by atoms with Crippen LogP contribution in [-0.2, 0) is 10.0 Å². The maximum absolute atomic E-state index is 12.9. The number of nitrogens with zero attached hydrogens (tertiary/aromatic N) is 1. The molecule has 1 aromatic rings. The molecule has 0 aliphatic rings. The highest BCUT2D eigenvalue weighted by molar-refractivity contribution is 7.89. The molecule has 0 fully saturated rings. The van der Waals surface area contributed by atoms with Crippen LogP contribution in [0.3, 0.4) is 0 Å². The molecule has 4 nitrogen and oxygen atoms in total. The van der Waals surface area contributed by atoms with Crippen molar-refractivity contribution in [2.75, 3.05) is 13.6 Å². The van der Waals surface area contributed by atoms with E-state index in [-0.39, 0.29) is 11.4 Å². The third-order valence-electron chi connectivity index (χ3n) is 3.82. The van der Waals surface area contributed by atoms with Crippen molar-refractivity contribution in [3.05, 3.63) is 29.3 Å². The number of aryl methyl sites for hydroxylation is 1. The maximum atomic E-state index is 12.9. The summed E-state index contributed by atoms with van der Waals surface area (Å²) in [5.74, 6) is 5.59. The first-order valence-electron chi connectivity index (χ1n) is 6.95. The number of hydrogen-bond donors (Lipinski definition) is 1. The van der Waals surface area contributed by atoms with E-state index in [4.69, 9.17) is 5.73 Å². The second-order valence-corrected chi connectivity index (χ2v) is 7.58. The summed E-state index contributed by atoms with van der Waals surface area (Å²) in [6.45, 7) is 7.89. The van der Waals surface area contributed by atoms with Crippen LogP contribution in [0.1, 0.15) is 38.3 Å². The summed E-state index contributed by atoms with van der Waals surface area (Å²) in [6.07, 6.45) is 0.721. The molecule has 0 aromatic heterocycles. The van der Waals surface area contributed by atoms with Gasteiger partial charge in [0.2, 0.25) is 10.0 Å². The second kappa shape index (κ2) is 6.61. The minimum Gasteiger partial charge on any atom is -0.320 e. The van der Waals surface area contributed by atoms with E-state index in [2.05, 4.69) is 11.8 Å². The SMILES string of the molecule is CCC(C)(C)N(C)S(=O)(=O)c1ccc(C)cc1C#CCN. The molecule has 0 bridgehead atoms. The summed E-state index contributed by atoms with van der Waals surface area (Å²) in [6, 6.07) is 5.18. The van der Waals surface area contributed by atoms with Crippen LogP contribution in [-0.4, -0.2) is 31.9 Å². The van der Waals surface area contributed by atoms with Gasteiger partial charge in [0, 0.05) is 18.2 Å². The zero-order valence-corrected chi connectivity index (χ0v) is 14.2. The Bertz CT molecular complexity index is 667. The predicted molar refractivity (Wildman–Crippen MR) is 86.4 cm³/mol. The van der Waals surface area contributed by atoms with E-state index in [9.17, 15) is 8.42 Å². The normalized spacial score (nSPS) is 12.1. The molecule has 0 heterocycles. The summed E-state index contributed by atoms with van der Waals surface area (Å²) in [5, 5.41) is 0. The van der Waals surface area contributed by atoms with Gasteiger partial charge in [0.1, 0.15) is 0 Å². The lowest BCUT2D eigenvalue weighted by Gasteiger charge is -2.34. The summed E-state index contributed by atoms with van der Waals surface area (Å²) in [4.78, 5) is 0.234. The van der Waals surface area contributed by atoms with Gasteiger partial charge in [-0.05, 0) is 44.9 Å². The fourth-order valence-corrected chi connectivity index (χ4v) is 3.51. The number of benzene rings is 1. The van der Waals surface area contributed by atoms with Crippen LogP contribution in [0.5, 0.6) is 0 Å². The highest BCUT2D eigenvalue weighted by Crippen LogP contribution is 2.27. The lowest BCUT2D eigenvalue weighted by atomic mass is 10.0. The Morgan fingerprint density at radius 3 is 2.48 bits per heavy atom. The standard InChI is InChI=1S/C16H24N2O2S/c1-6-16(3,4)18(5)21(19,20)15-10-9-13(2)12-14(15)8-7-11-17/h9-10,12H,6,11,17H2,1-5H3. The number of sulfonamides is 1. The van der Waals surface area contributed by atoms with Crippen LogP contribution in [0, 0.1) is 18.8 Å². The van der Waals surface area contributed by atoms with E-state index in [1.807, 2.05) is 27.7 Å². The highest BCUT2D eigenvalue weighted by Gasteiger charge is 2.33. The fourth-order valence-electron chi connectivity index (χ4n) is 1.81. The zero-order chi connectivity index (χ0) is 16.3. The van der Waals surface area contributed by atoms with E-state index in [0.29, 0.717) is 5.56 Å². The summed E-state index contributed by atoms with van der Waals surface area (Å²) in [7, 11) is -1.99. The van der Waals surface area contributed by atoms with E-state index >= 15 is 0 Å². The third kappa shape index (κ3) is 3.85. The van der Waals surface area contributed by atoms with Crippen molar-refractivity contribution < 1.29 is 8.42 Å². The molecule has 0 unspecified atom stereocenters. The molecule has 0 spiro atoms. The average Bonchev–Trinajstić information content (AvgIpc) is 2.43. The minimum absolute atomic E-state index is 0.198. The number of hydrogen-bond acceptors (Lipinski definition) is 3. The Morgan fingerprint density at radius 1 is 1.33 bits per heavy atom. The van der Waals surface area contributed by atoms with E-state index in [1.165, 1.54) is 4.31 Å². The molecule has 0 radical (unpaired) electrons. The molecule has 1 rings (SSSR count).